The Kier molecular flexibility index (Phi) is 3.51. The average Bonchev–Trinajstić information content (AvgIpc) is 3.23. The lowest BCUT2D eigenvalue weighted by molar-refractivity contribution is 0.785. The second kappa shape index (κ2) is 5.46. The first-order chi connectivity index (χ1) is 9.88. The van der Waals surface area contributed by atoms with Crippen molar-refractivity contribution in [3.8, 4) is 0 Å². The maximum absolute atomic E-state index is 4.25. The van der Waals surface area contributed by atoms with E-state index in [1.807, 2.05) is 56.2 Å². The molecule has 3 heterocycles. The SMILES string of the molecule is CCCC[Si](n1ccnc1)(n1ccnc1)n1ccnc1. The maximum atomic E-state index is 4.25. The van der Waals surface area contributed by atoms with Gasteiger partial charge in [0.25, 0.3) is 0 Å². The second-order valence-corrected chi connectivity index (χ2v) is 8.39. The molecule has 0 aliphatic carbocycles. The quantitative estimate of drug-likeness (QED) is 0.651. The Bertz CT molecular complexity index is 530. The third-order valence-corrected chi connectivity index (χ3v) is 7.92. The fraction of sp³-hybridized carbons (Fsp3) is 0.308. The number of imidazole rings is 3. The van der Waals surface area contributed by atoms with Crippen LogP contribution in [0.4, 0.5) is 0 Å². The Morgan fingerprint density at radius 3 is 1.55 bits per heavy atom. The van der Waals surface area contributed by atoms with E-state index in [1.54, 1.807) is 0 Å². The summed E-state index contributed by atoms with van der Waals surface area (Å²) in [5.41, 5.74) is 0. The van der Waals surface area contributed by atoms with Crippen LogP contribution in [0.3, 0.4) is 0 Å². The van der Waals surface area contributed by atoms with Crippen molar-refractivity contribution in [3.05, 3.63) is 56.2 Å². The van der Waals surface area contributed by atoms with Gasteiger partial charge in [0.2, 0.25) is 0 Å². The summed E-state index contributed by atoms with van der Waals surface area (Å²) in [6.07, 6.45) is 19.7. The molecular weight excluding hydrogens is 268 g/mol. The molecule has 6 nitrogen and oxygen atoms in total. The summed E-state index contributed by atoms with van der Waals surface area (Å²) >= 11 is 0. The number of nitrogens with zero attached hydrogens (tertiary/aromatic N) is 6. The molecule has 0 aliphatic rings. The third kappa shape index (κ3) is 1.99. The van der Waals surface area contributed by atoms with Crippen LogP contribution in [0.1, 0.15) is 19.8 Å². The van der Waals surface area contributed by atoms with Gasteiger partial charge in [-0.05, 0) is 0 Å². The summed E-state index contributed by atoms with van der Waals surface area (Å²) < 4.78 is 6.73. The Balaban J connectivity index is 2.18. The van der Waals surface area contributed by atoms with Gasteiger partial charge in [-0.15, -0.1) is 0 Å². The number of hydrogen-bond acceptors (Lipinski definition) is 3. The zero-order valence-corrected chi connectivity index (χ0v) is 12.5. The summed E-state index contributed by atoms with van der Waals surface area (Å²) in [5, 5.41) is 0. The number of aromatic nitrogens is 6. The van der Waals surface area contributed by atoms with Gasteiger partial charge in [-0.25, -0.2) is 15.0 Å². The maximum Gasteiger partial charge on any atom is 0.394 e. The highest BCUT2D eigenvalue weighted by atomic mass is 28.4. The molecule has 3 rings (SSSR count). The Morgan fingerprint density at radius 1 is 0.800 bits per heavy atom. The normalized spacial score (nSPS) is 11.8. The number of hydrogen-bond donors (Lipinski definition) is 0. The van der Waals surface area contributed by atoms with Gasteiger partial charge in [0.1, 0.15) is 0 Å². The van der Waals surface area contributed by atoms with Gasteiger partial charge in [-0.1, -0.05) is 19.8 Å². The van der Waals surface area contributed by atoms with Gasteiger partial charge < -0.3 is 12.7 Å². The van der Waals surface area contributed by atoms with E-state index in [9.17, 15) is 0 Å². The summed E-state index contributed by atoms with van der Waals surface area (Å²) in [5.74, 6) is 0. The third-order valence-electron chi connectivity index (χ3n) is 3.62. The highest BCUT2D eigenvalue weighted by Crippen LogP contribution is 2.21. The predicted octanol–water partition coefficient (Wildman–Crippen LogP) is 1.96. The first-order valence-corrected chi connectivity index (χ1v) is 8.88. The van der Waals surface area contributed by atoms with Crippen LogP contribution in [-0.2, 0) is 0 Å². The van der Waals surface area contributed by atoms with Gasteiger partial charge >= 0.3 is 8.56 Å². The summed E-state index contributed by atoms with van der Waals surface area (Å²) in [4.78, 5) is 12.7. The molecule has 0 N–H and O–H groups in total. The molecule has 0 unspecified atom stereocenters. The molecular formula is C13H18N6Si. The summed E-state index contributed by atoms with van der Waals surface area (Å²) in [6, 6.07) is 1.08. The van der Waals surface area contributed by atoms with E-state index in [-0.39, 0.29) is 0 Å². The Hall–Kier alpha value is -2.15. The minimum Gasteiger partial charge on any atom is -0.329 e. The van der Waals surface area contributed by atoms with Crippen LogP contribution < -0.4 is 0 Å². The van der Waals surface area contributed by atoms with Crippen molar-refractivity contribution in [1.82, 2.24) is 27.6 Å². The second-order valence-electron chi connectivity index (χ2n) is 4.79. The molecule has 7 heteroatoms. The van der Waals surface area contributed by atoms with Crippen LogP contribution in [0.15, 0.2) is 56.2 Å². The number of rotatable bonds is 6. The van der Waals surface area contributed by atoms with Crippen molar-refractivity contribution in [1.29, 1.82) is 0 Å². The van der Waals surface area contributed by atoms with Crippen LogP contribution in [0.25, 0.3) is 0 Å². The minimum atomic E-state index is -2.23. The van der Waals surface area contributed by atoms with Crippen molar-refractivity contribution in [2.24, 2.45) is 0 Å². The zero-order valence-electron chi connectivity index (χ0n) is 11.5. The van der Waals surface area contributed by atoms with Crippen LogP contribution in [0.2, 0.25) is 6.04 Å². The molecule has 0 atom stereocenters. The summed E-state index contributed by atoms with van der Waals surface area (Å²) in [6.45, 7) is 2.22. The Morgan fingerprint density at radius 2 is 1.25 bits per heavy atom. The largest absolute Gasteiger partial charge is 0.394 e. The molecule has 0 bridgehead atoms. The molecule has 3 aromatic rings. The molecule has 0 radical (unpaired) electrons. The fourth-order valence-corrected chi connectivity index (χ4v) is 6.69. The van der Waals surface area contributed by atoms with E-state index in [4.69, 9.17) is 0 Å². The smallest absolute Gasteiger partial charge is 0.329 e. The molecule has 3 aromatic heterocycles. The monoisotopic (exact) mass is 286 g/mol. The van der Waals surface area contributed by atoms with Gasteiger partial charge in [0, 0.05) is 43.2 Å². The zero-order chi connectivity index (χ0) is 13.8. The molecule has 0 spiro atoms. The Labute approximate surface area is 119 Å². The van der Waals surface area contributed by atoms with Crippen LogP contribution >= 0.6 is 0 Å². The molecule has 0 saturated heterocycles. The van der Waals surface area contributed by atoms with E-state index < -0.39 is 8.56 Å². The lowest BCUT2D eigenvalue weighted by Crippen LogP contribution is -2.56. The van der Waals surface area contributed by atoms with Gasteiger partial charge in [-0.2, -0.15) is 0 Å². The first kappa shape index (κ1) is 12.9. The van der Waals surface area contributed by atoms with Crippen LogP contribution in [-0.4, -0.2) is 36.2 Å². The van der Waals surface area contributed by atoms with E-state index in [0.29, 0.717) is 0 Å². The minimum absolute atomic E-state index is 1.08. The lowest BCUT2D eigenvalue weighted by Gasteiger charge is -2.33. The van der Waals surface area contributed by atoms with Crippen LogP contribution in [0.5, 0.6) is 0 Å². The van der Waals surface area contributed by atoms with E-state index in [1.165, 1.54) is 0 Å². The first-order valence-electron chi connectivity index (χ1n) is 6.83. The van der Waals surface area contributed by atoms with Crippen molar-refractivity contribution in [3.63, 3.8) is 0 Å². The van der Waals surface area contributed by atoms with Crippen molar-refractivity contribution in [2.75, 3.05) is 0 Å². The van der Waals surface area contributed by atoms with Crippen molar-refractivity contribution in [2.45, 2.75) is 25.8 Å². The van der Waals surface area contributed by atoms with Crippen LogP contribution in [0, 0.1) is 0 Å². The average molecular weight is 286 g/mol. The highest BCUT2D eigenvalue weighted by Gasteiger charge is 2.40. The molecule has 0 aromatic carbocycles. The van der Waals surface area contributed by atoms with E-state index >= 15 is 0 Å². The molecule has 0 saturated carbocycles. The highest BCUT2D eigenvalue weighted by molar-refractivity contribution is 6.75. The molecule has 104 valence electrons. The predicted molar refractivity (Wildman–Crippen MR) is 78.3 cm³/mol. The topological polar surface area (TPSA) is 53.5 Å². The van der Waals surface area contributed by atoms with Crippen molar-refractivity contribution >= 4 is 8.56 Å². The van der Waals surface area contributed by atoms with Crippen molar-refractivity contribution < 1.29 is 0 Å². The number of unbranched alkanes of at least 4 members (excludes halogenated alkanes) is 1. The lowest BCUT2D eigenvalue weighted by atomic mass is 10.4. The van der Waals surface area contributed by atoms with Gasteiger partial charge in [-0.3, -0.25) is 0 Å². The van der Waals surface area contributed by atoms with E-state index in [2.05, 4.69) is 34.6 Å². The fourth-order valence-electron chi connectivity index (χ4n) is 2.61. The molecule has 0 fully saturated rings. The van der Waals surface area contributed by atoms with Gasteiger partial charge in [0.05, 0.1) is 19.0 Å². The van der Waals surface area contributed by atoms with E-state index in [0.717, 1.165) is 18.9 Å². The standard InChI is InChI=1S/C13H18N6Si/c1-2-3-10-20(17-7-4-14-11-17,18-8-5-15-12-18)19-9-6-16-13-19/h4-9,11-13H,2-3,10H2,1H3. The molecule has 20 heavy (non-hydrogen) atoms. The molecule has 0 aliphatic heterocycles. The summed E-state index contributed by atoms with van der Waals surface area (Å²) in [7, 11) is -2.23. The molecule has 0 amide bonds. The van der Waals surface area contributed by atoms with Gasteiger partial charge in [0.15, 0.2) is 0 Å².